The third kappa shape index (κ3) is 5.23. The van der Waals surface area contributed by atoms with Crippen LogP contribution in [0.4, 0.5) is 24.8 Å². The molecule has 42 heavy (non-hydrogen) atoms. The van der Waals surface area contributed by atoms with Crippen molar-refractivity contribution >= 4 is 17.5 Å². The lowest BCUT2D eigenvalue weighted by molar-refractivity contribution is -0.138. The molecule has 1 saturated heterocycles. The Kier molecular flexibility index (Phi) is 7.19. The number of aliphatic hydroxyl groups excluding tert-OH is 1. The maximum absolute atomic E-state index is 14.3. The number of benzene rings is 2. The number of carbonyl (C=O) groups excluding carboxylic acids is 1. The van der Waals surface area contributed by atoms with Crippen LogP contribution in [0.15, 0.2) is 54.9 Å². The fraction of sp³-hybridized carbons (Fsp3) is 0.333. The van der Waals surface area contributed by atoms with Crippen LogP contribution in [0.5, 0.6) is 0 Å². The van der Waals surface area contributed by atoms with Crippen LogP contribution in [0.25, 0.3) is 22.5 Å². The molecule has 1 amide bonds. The monoisotopic (exact) mass is 577 g/mol. The maximum atomic E-state index is 14.3. The second-order valence-corrected chi connectivity index (χ2v) is 10.7. The minimum absolute atomic E-state index is 0.0243. The van der Waals surface area contributed by atoms with Gasteiger partial charge in [0.2, 0.25) is 0 Å². The van der Waals surface area contributed by atoms with Crippen molar-refractivity contribution in [2.24, 2.45) is 7.05 Å². The summed E-state index contributed by atoms with van der Waals surface area (Å²) in [6, 6.07) is 13.9. The molecule has 0 radical (unpaired) electrons. The number of nitrogens with one attached hydrogen (secondary N) is 1. The van der Waals surface area contributed by atoms with Crippen molar-refractivity contribution in [1.82, 2.24) is 24.6 Å². The number of anilines is 2. The molecule has 0 spiro atoms. The van der Waals surface area contributed by atoms with E-state index in [9.17, 15) is 23.1 Å². The van der Waals surface area contributed by atoms with Crippen LogP contribution in [-0.2, 0) is 26.3 Å². The van der Waals surface area contributed by atoms with Gasteiger partial charge in [-0.1, -0.05) is 24.3 Å². The van der Waals surface area contributed by atoms with Crippen molar-refractivity contribution in [1.29, 1.82) is 0 Å². The number of alkyl halides is 3. The van der Waals surface area contributed by atoms with Crippen LogP contribution in [0.1, 0.15) is 40.4 Å². The van der Waals surface area contributed by atoms with Gasteiger partial charge in [0.15, 0.2) is 5.82 Å². The molecule has 1 atom stereocenters. The van der Waals surface area contributed by atoms with Crippen molar-refractivity contribution in [3.63, 3.8) is 0 Å². The molecule has 12 heteroatoms. The highest BCUT2D eigenvalue weighted by Gasteiger charge is 2.41. The van der Waals surface area contributed by atoms with E-state index in [0.29, 0.717) is 43.3 Å². The van der Waals surface area contributed by atoms with Crippen molar-refractivity contribution in [3.8, 4) is 22.5 Å². The fourth-order valence-corrected chi connectivity index (χ4v) is 5.75. The average Bonchev–Trinajstić information content (AvgIpc) is 3.66. The highest BCUT2D eigenvalue weighted by atomic mass is 19.4. The van der Waals surface area contributed by atoms with Gasteiger partial charge in [-0.15, -0.1) is 10.2 Å². The molecule has 9 nitrogen and oxygen atoms in total. The predicted molar refractivity (Wildman–Crippen MR) is 152 cm³/mol. The van der Waals surface area contributed by atoms with E-state index in [0.717, 1.165) is 22.8 Å². The Balaban J connectivity index is 1.41. The number of fused-ring (bicyclic) bond motifs is 1. The third-order valence-electron chi connectivity index (χ3n) is 7.70. The van der Waals surface area contributed by atoms with Crippen molar-refractivity contribution in [3.05, 3.63) is 77.1 Å². The fourth-order valence-electron chi connectivity index (χ4n) is 5.75. The standard InChI is InChI=1S/C30H30F3N7O2/c1-3-34-26-12-19(21-6-4-5-7-22(21)28-37-35-17-38(28)2)13-27(36-26)40-16-24-23(29(40)42)10-18(11-25(24)30(31,32)33)14-39-9-8-20(41)15-39/h4-7,10-13,17,20,41H,3,8-9,14-16H2,1-2H3,(H,34,36). The second kappa shape index (κ2) is 10.8. The van der Waals surface area contributed by atoms with E-state index < -0.39 is 23.8 Å². The van der Waals surface area contributed by atoms with Gasteiger partial charge >= 0.3 is 6.18 Å². The van der Waals surface area contributed by atoms with Crippen LogP contribution in [0.2, 0.25) is 0 Å². The Bertz CT molecular complexity index is 1650. The maximum Gasteiger partial charge on any atom is 0.416 e. The van der Waals surface area contributed by atoms with E-state index in [1.807, 2.05) is 49.2 Å². The first kappa shape index (κ1) is 27.9. The molecule has 1 fully saturated rings. The second-order valence-electron chi connectivity index (χ2n) is 10.7. The van der Waals surface area contributed by atoms with Gasteiger partial charge in [0.25, 0.3) is 5.91 Å². The summed E-state index contributed by atoms with van der Waals surface area (Å²) >= 11 is 0. The quantitative estimate of drug-likeness (QED) is 0.328. The van der Waals surface area contributed by atoms with Gasteiger partial charge in [-0.2, -0.15) is 13.2 Å². The highest BCUT2D eigenvalue weighted by Crippen LogP contribution is 2.41. The summed E-state index contributed by atoms with van der Waals surface area (Å²) in [5, 5.41) is 21.3. The molecule has 2 aliphatic rings. The molecular weight excluding hydrogens is 547 g/mol. The molecule has 4 heterocycles. The molecule has 0 bridgehead atoms. The average molecular weight is 578 g/mol. The van der Waals surface area contributed by atoms with Crippen molar-refractivity contribution in [2.75, 3.05) is 29.9 Å². The molecule has 0 saturated carbocycles. The number of likely N-dealkylation sites (tertiary alicyclic amines) is 1. The summed E-state index contributed by atoms with van der Waals surface area (Å²) < 4.78 is 44.7. The summed E-state index contributed by atoms with van der Waals surface area (Å²) in [5.74, 6) is 0.847. The number of aryl methyl sites for hydroxylation is 1. The number of aromatic nitrogens is 4. The smallest absolute Gasteiger partial charge is 0.392 e. The molecule has 2 aromatic carbocycles. The zero-order valence-corrected chi connectivity index (χ0v) is 23.2. The number of halogens is 3. The normalized spacial score (nSPS) is 17.2. The van der Waals surface area contributed by atoms with Crippen molar-refractivity contribution in [2.45, 2.75) is 38.7 Å². The highest BCUT2D eigenvalue weighted by molar-refractivity contribution is 6.10. The number of rotatable bonds is 7. The number of pyridine rings is 1. The first-order valence-electron chi connectivity index (χ1n) is 13.8. The minimum Gasteiger partial charge on any atom is -0.392 e. The van der Waals surface area contributed by atoms with E-state index >= 15 is 0 Å². The van der Waals surface area contributed by atoms with Crippen LogP contribution >= 0.6 is 0 Å². The summed E-state index contributed by atoms with van der Waals surface area (Å²) in [7, 11) is 1.84. The van der Waals surface area contributed by atoms with E-state index in [-0.39, 0.29) is 30.0 Å². The van der Waals surface area contributed by atoms with Crippen LogP contribution in [-0.4, -0.2) is 61.4 Å². The Morgan fingerprint density at radius 3 is 2.55 bits per heavy atom. The Morgan fingerprint density at radius 1 is 1.10 bits per heavy atom. The van der Waals surface area contributed by atoms with E-state index in [1.54, 1.807) is 23.0 Å². The zero-order chi connectivity index (χ0) is 29.6. The number of hydrogen-bond acceptors (Lipinski definition) is 7. The van der Waals surface area contributed by atoms with Gasteiger partial charge in [0, 0.05) is 44.4 Å². The third-order valence-corrected chi connectivity index (χ3v) is 7.70. The van der Waals surface area contributed by atoms with Crippen molar-refractivity contribution < 1.29 is 23.1 Å². The Labute approximate surface area is 240 Å². The van der Waals surface area contributed by atoms with Gasteiger partial charge < -0.3 is 15.0 Å². The zero-order valence-electron chi connectivity index (χ0n) is 23.2. The van der Waals surface area contributed by atoms with Gasteiger partial charge in [0.05, 0.1) is 18.2 Å². The molecule has 6 rings (SSSR count). The molecular formula is C30H30F3N7O2. The van der Waals surface area contributed by atoms with Crippen LogP contribution in [0.3, 0.4) is 0 Å². The molecule has 2 N–H and O–H groups in total. The lowest BCUT2D eigenvalue weighted by Gasteiger charge is -2.19. The molecule has 1 unspecified atom stereocenters. The SMILES string of the molecule is CCNc1cc(-c2ccccc2-c2nncn2C)cc(N2Cc3c(cc(CN4CCC(O)C4)cc3C(F)(F)F)C2=O)n1. The molecule has 0 aliphatic carbocycles. The van der Waals surface area contributed by atoms with E-state index in [2.05, 4.69) is 20.5 Å². The summed E-state index contributed by atoms with van der Waals surface area (Å²) in [5.41, 5.74) is 1.88. The Hall–Kier alpha value is -4.29. The lowest BCUT2D eigenvalue weighted by Crippen LogP contribution is -2.24. The van der Waals surface area contributed by atoms with Crippen LogP contribution in [0, 0.1) is 0 Å². The molecule has 2 aliphatic heterocycles. The number of nitrogens with zero attached hydrogens (tertiary/aromatic N) is 6. The van der Waals surface area contributed by atoms with E-state index in [1.165, 1.54) is 4.90 Å². The first-order chi connectivity index (χ1) is 20.1. The molecule has 4 aromatic rings. The van der Waals surface area contributed by atoms with E-state index in [4.69, 9.17) is 0 Å². The summed E-state index contributed by atoms with van der Waals surface area (Å²) in [6.45, 7) is 3.41. The van der Waals surface area contributed by atoms with Gasteiger partial charge in [-0.05, 0) is 59.9 Å². The van der Waals surface area contributed by atoms with Gasteiger partial charge in [-0.3, -0.25) is 14.6 Å². The topological polar surface area (TPSA) is 99.4 Å². The number of amides is 1. The summed E-state index contributed by atoms with van der Waals surface area (Å²) in [4.78, 5) is 21.6. The number of carbonyl (C=O) groups is 1. The number of aliphatic hydroxyl groups is 1. The van der Waals surface area contributed by atoms with Gasteiger partial charge in [0.1, 0.15) is 18.0 Å². The number of hydrogen-bond donors (Lipinski definition) is 2. The molecule has 218 valence electrons. The largest absolute Gasteiger partial charge is 0.416 e. The lowest BCUT2D eigenvalue weighted by atomic mass is 9.98. The number of β-amino-alcohol motifs (C(OH)–C–C–N with tert-alkyl or cyclic N) is 1. The van der Waals surface area contributed by atoms with Crippen LogP contribution < -0.4 is 10.2 Å². The first-order valence-corrected chi connectivity index (χ1v) is 13.8. The minimum atomic E-state index is -4.64. The Morgan fingerprint density at radius 2 is 1.88 bits per heavy atom. The predicted octanol–water partition coefficient (Wildman–Crippen LogP) is 4.72. The summed E-state index contributed by atoms with van der Waals surface area (Å²) in [6.07, 6.45) is -2.96. The molecule has 2 aromatic heterocycles. The van der Waals surface area contributed by atoms with Gasteiger partial charge in [-0.25, -0.2) is 4.98 Å².